The van der Waals surface area contributed by atoms with Crippen LogP contribution in [0.15, 0.2) is 42.5 Å². The maximum atomic E-state index is 12.8. The van der Waals surface area contributed by atoms with E-state index in [1.165, 1.54) is 17.0 Å². The molecule has 2 fully saturated rings. The standard InChI is InChI=1S/C24H23ClN2O5/c1-14-9-10-16(25)12-20(14)26-21(28)13-32-24(31)15-5-4-6-17(11-15)27-22(29)18-7-2-3-8-19(18)23(27)30/h4-6,9-12,18-19H,2-3,7-8,13H2,1H3,(H,26,28)/t18-,19-/m0/s1. The number of anilines is 2. The molecule has 7 nitrogen and oxygen atoms in total. The average Bonchev–Trinajstić information content (AvgIpc) is 3.05. The number of fused-ring (bicyclic) bond motifs is 1. The number of imide groups is 1. The quantitative estimate of drug-likeness (QED) is 0.541. The van der Waals surface area contributed by atoms with Gasteiger partial charge in [0.05, 0.1) is 23.1 Å². The molecule has 8 heteroatoms. The van der Waals surface area contributed by atoms with Crippen molar-refractivity contribution < 1.29 is 23.9 Å². The van der Waals surface area contributed by atoms with E-state index in [1.54, 1.807) is 30.3 Å². The van der Waals surface area contributed by atoms with Crippen LogP contribution in [0, 0.1) is 18.8 Å². The molecule has 166 valence electrons. The van der Waals surface area contributed by atoms with E-state index in [1.807, 2.05) is 6.92 Å². The molecule has 1 aliphatic carbocycles. The Morgan fingerprint density at radius 1 is 1.06 bits per heavy atom. The second-order valence-electron chi connectivity index (χ2n) is 8.14. The second kappa shape index (κ2) is 9.12. The zero-order valence-corrected chi connectivity index (χ0v) is 18.4. The fourth-order valence-corrected chi connectivity index (χ4v) is 4.49. The Labute approximate surface area is 190 Å². The maximum absolute atomic E-state index is 12.8. The van der Waals surface area contributed by atoms with E-state index in [0.717, 1.165) is 18.4 Å². The third-order valence-corrected chi connectivity index (χ3v) is 6.22. The number of hydrogen-bond donors (Lipinski definition) is 1. The molecule has 32 heavy (non-hydrogen) atoms. The molecule has 2 aromatic carbocycles. The van der Waals surface area contributed by atoms with E-state index in [9.17, 15) is 19.2 Å². The summed E-state index contributed by atoms with van der Waals surface area (Å²) in [5.41, 5.74) is 1.86. The van der Waals surface area contributed by atoms with Crippen LogP contribution < -0.4 is 10.2 Å². The zero-order chi connectivity index (χ0) is 22.8. The van der Waals surface area contributed by atoms with E-state index in [4.69, 9.17) is 16.3 Å². The highest BCUT2D eigenvalue weighted by Gasteiger charge is 2.48. The first-order valence-electron chi connectivity index (χ1n) is 10.6. The highest BCUT2D eigenvalue weighted by molar-refractivity contribution is 6.31. The third kappa shape index (κ3) is 4.39. The number of hydrogen-bond acceptors (Lipinski definition) is 5. The first kappa shape index (κ1) is 22.0. The van der Waals surface area contributed by atoms with Crippen LogP contribution in [0.4, 0.5) is 11.4 Å². The topological polar surface area (TPSA) is 92.8 Å². The predicted molar refractivity (Wildman–Crippen MR) is 119 cm³/mol. The number of carbonyl (C=O) groups is 4. The van der Waals surface area contributed by atoms with Crippen molar-refractivity contribution in [3.05, 3.63) is 58.6 Å². The molecule has 2 aromatic rings. The number of nitrogens with one attached hydrogen (secondary N) is 1. The smallest absolute Gasteiger partial charge is 0.338 e. The lowest BCUT2D eigenvalue weighted by molar-refractivity contribution is -0.122. The summed E-state index contributed by atoms with van der Waals surface area (Å²) in [5, 5.41) is 3.13. The van der Waals surface area contributed by atoms with Crippen LogP contribution in [0.5, 0.6) is 0 Å². The van der Waals surface area contributed by atoms with Crippen molar-refractivity contribution in [2.24, 2.45) is 11.8 Å². The van der Waals surface area contributed by atoms with Gasteiger partial charge in [-0.15, -0.1) is 0 Å². The van der Waals surface area contributed by atoms with Gasteiger partial charge in [0.1, 0.15) is 0 Å². The molecule has 3 amide bonds. The minimum Gasteiger partial charge on any atom is -0.452 e. The normalized spacial score (nSPS) is 20.1. The minimum absolute atomic E-state index is 0.157. The number of esters is 1. The van der Waals surface area contributed by atoms with Gasteiger partial charge in [-0.3, -0.25) is 19.3 Å². The molecule has 2 atom stereocenters. The van der Waals surface area contributed by atoms with Crippen LogP contribution in [-0.4, -0.2) is 30.3 Å². The Balaban J connectivity index is 1.41. The summed E-state index contributed by atoms with van der Waals surface area (Å²) in [6.45, 7) is 1.33. The Morgan fingerprint density at radius 3 is 2.44 bits per heavy atom. The van der Waals surface area contributed by atoms with Crippen LogP contribution in [0.25, 0.3) is 0 Å². The number of rotatable bonds is 5. The molecule has 0 radical (unpaired) electrons. The van der Waals surface area contributed by atoms with Crippen molar-refractivity contribution in [3.63, 3.8) is 0 Å². The van der Waals surface area contributed by atoms with Gasteiger partial charge in [-0.25, -0.2) is 4.79 Å². The maximum Gasteiger partial charge on any atom is 0.338 e. The van der Waals surface area contributed by atoms with Crippen LogP contribution in [0.3, 0.4) is 0 Å². The molecule has 2 aliphatic rings. The fraction of sp³-hybridized carbons (Fsp3) is 0.333. The van der Waals surface area contributed by atoms with Crippen molar-refractivity contribution in [1.29, 1.82) is 0 Å². The number of ether oxygens (including phenoxy) is 1. The van der Waals surface area contributed by atoms with Crippen LogP contribution >= 0.6 is 11.6 Å². The predicted octanol–water partition coefficient (Wildman–Crippen LogP) is 4.12. The summed E-state index contributed by atoms with van der Waals surface area (Å²) in [6.07, 6.45) is 3.32. The largest absolute Gasteiger partial charge is 0.452 e. The van der Waals surface area contributed by atoms with Gasteiger partial charge in [-0.2, -0.15) is 0 Å². The molecule has 1 aliphatic heterocycles. The minimum atomic E-state index is -0.721. The molecule has 0 spiro atoms. The Bertz CT molecular complexity index is 1080. The monoisotopic (exact) mass is 454 g/mol. The molecular formula is C24H23ClN2O5. The van der Waals surface area contributed by atoms with E-state index < -0.39 is 18.5 Å². The van der Waals surface area contributed by atoms with Crippen molar-refractivity contribution in [2.75, 3.05) is 16.8 Å². The van der Waals surface area contributed by atoms with E-state index in [0.29, 0.717) is 29.2 Å². The summed E-state index contributed by atoms with van der Waals surface area (Å²) < 4.78 is 5.13. The first-order chi connectivity index (χ1) is 15.3. The number of benzene rings is 2. The lowest BCUT2D eigenvalue weighted by Gasteiger charge is -2.19. The Kier molecular flexibility index (Phi) is 6.28. The van der Waals surface area contributed by atoms with Crippen LogP contribution in [-0.2, 0) is 19.1 Å². The lowest BCUT2D eigenvalue weighted by Crippen LogP contribution is -2.31. The molecule has 0 aromatic heterocycles. The molecule has 0 unspecified atom stereocenters. The summed E-state index contributed by atoms with van der Waals surface area (Å²) in [4.78, 5) is 51.5. The van der Waals surface area contributed by atoms with Crippen molar-refractivity contribution in [3.8, 4) is 0 Å². The summed E-state index contributed by atoms with van der Waals surface area (Å²) >= 11 is 5.95. The second-order valence-corrected chi connectivity index (χ2v) is 8.58. The van der Waals surface area contributed by atoms with E-state index in [2.05, 4.69) is 5.32 Å². The summed E-state index contributed by atoms with van der Waals surface area (Å²) in [5.74, 6) is -2.19. The molecule has 1 saturated carbocycles. The van der Waals surface area contributed by atoms with E-state index in [-0.39, 0.29) is 29.2 Å². The van der Waals surface area contributed by atoms with Gasteiger partial charge in [0.15, 0.2) is 6.61 Å². The summed E-state index contributed by atoms with van der Waals surface area (Å²) in [7, 11) is 0. The van der Waals surface area contributed by atoms with E-state index >= 15 is 0 Å². The average molecular weight is 455 g/mol. The molecular weight excluding hydrogens is 432 g/mol. The first-order valence-corrected chi connectivity index (χ1v) is 10.9. The van der Waals surface area contributed by atoms with Gasteiger partial charge in [0.2, 0.25) is 11.8 Å². The van der Waals surface area contributed by atoms with Crippen molar-refractivity contribution in [1.82, 2.24) is 0 Å². The van der Waals surface area contributed by atoms with Gasteiger partial charge in [-0.1, -0.05) is 36.6 Å². The highest BCUT2D eigenvalue weighted by atomic mass is 35.5. The van der Waals surface area contributed by atoms with Crippen molar-refractivity contribution in [2.45, 2.75) is 32.6 Å². The molecule has 1 N–H and O–H groups in total. The van der Waals surface area contributed by atoms with Crippen LogP contribution in [0.1, 0.15) is 41.6 Å². The molecule has 4 rings (SSSR count). The number of amides is 3. The van der Waals surface area contributed by atoms with Gasteiger partial charge in [0.25, 0.3) is 5.91 Å². The highest BCUT2D eigenvalue weighted by Crippen LogP contribution is 2.40. The van der Waals surface area contributed by atoms with Gasteiger partial charge < -0.3 is 10.1 Å². The fourth-order valence-electron chi connectivity index (χ4n) is 4.32. The van der Waals surface area contributed by atoms with Gasteiger partial charge in [-0.05, 0) is 55.7 Å². The number of aryl methyl sites for hydroxylation is 1. The Morgan fingerprint density at radius 2 is 1.75 bits per heavy atom. The van der Waals surface area contributed by atoms with Gasteiger partial charge >= 0.3 is 5.97 Å². The number of nitrogens with zero attached hydrogens (tertiary/aromatic N) is 1. The molecule has 0 bridgehead atoms. The number of carbonyl (C=O) groups excluding carboxylic acids is 4. The van der Waals surface area contributed by atoms with Crippen LogP contribution in [0.2, 0.25) is 5.02 Å². The molecule has 1 heterocycles. The summed E-state index contributed by atoms with van der Waals surface area (Å²) in [6, 6.07) is 11.3. The zero-order valence-electron chi connectivity index (χ0n) is 17.6. The third-order valence-electron chi connectivity index (χ3n) is 5.99. The molecule has 1 saturated heterocycles. The SMILES string of the molecule is Cc1ccc(Cl)cc1NC(=O)COC(=O)c1cccc(N2C(=O)[C@H]3CCCC[C@@H]3C2=O)c1. The van der Waals surface area contributed by atoms with Gasteiger partial charge in [0, 0.05) is 10.7 Å². The van der Waals surface area contributed by atoms with Crippen molar-refractivity contribution >= 4 is 46.7 Å². The Hall–Kier alpha value is -3.19. The number of halogens is 1. The lowest BCUT2D eigenvalue weighted by atomic mass is 9.81.